The Bertz CT molecular complexity index is 698. The molecular formula is C19H20O6. The zero-order valence-electron chi connectivity index (χ0n) is 14.4. The lowest BCUT2D eigenvalue weighted by Gasteiger charge is -2.09. The molecule has 0 N–H and O–H groups in total. The molecule has 0 unspecified atom stereocenters. The summed E-state index contributed by atoms with van der Waals surface area (Å²) in [6.45, 7) is 1.84. The van der Waals surface area contributed by atoms with Crippen molar-refractivity contribution in [2.24, 2.45) is 0 Å². The molecule has 25 heavy (non-hydrogen) atoms. The van der Waals surface area contributed by atoms with Gasteiger partial charge in [0.05, 0.1) is 26.4 Å². The first-order valence-electron chi connectivity index (χ1n) is 7.52. The Morgan fingerprint density at radius 1 is 0.880 bits per heavy atom. The average Bonchev–Trinajstić information content (AvgIpc) is 2.64. The van der Waals surface area contributed by atoms with Gasteiger partial charge in [-0.05, 0) is 30.2 Å². The summed E-state index contributed by atoms with van der Waals surface area (Å²) in [5.74, 6) is -1.82. The summed E-state index contributed by atoms with van der Waals surface area (Å²) in [6.07, 6.45) is 5.04. The summed E-state index contributed by atoms with van der Waals surface area (Å²) in [5.41, 5.74) is 1.18. The summed E-state index contributed by atoms with van der Waals surface area (Å²) in [5, 5.41) is 0. The van der Waals surface area contributed by atoms with Gasteiger partial charge < -0.3 is 14.2 Å². The van der Waals surface area contributed by atoms with E-state index in [4.69, 9.17) is 4.74 Å². The van der Waals surface area contributed by atoms with Crippen molar-refractivity contribution in [3.05, 3.63) is 65.8 Å². The van der Waals surface area contributed by atoms with Crippen LogP contribution in [0.15, 0.2) is 60.2 Å². The van der Waals surface area contributed by atoms with E-state index in [1.54, 1.807) is 31.2 Å². The smallest absolute Gasteiger partial charge is 0.338 e. The molecule has 0 aromatic heterocycles. The van der Waals surface area contributed by atoms with Gasteiger partial charge in [-0.1, -0.05) is 30.3 Å². The Morgan fingerprint density at radius 2 is 1.44 bits per heavy atom. The van der Waals surface area contributed by atoms with Crippen LogP contribution in [0, 0.1) is 0 Å². The van der Waals surface area contributed by atoms with Crippen LogP contribution in [0.2, 0.25) is 0 Å². The Morgan fingerprint density at radius 3 is 1.96 bits per heavy atom. The monoisotopic (exact) mass is 344 g/mol. The van der Waals surface area contributed by atoms with Crippen LogP contribution in [0.3, 0.4) is 0 Å². The number of benzene rings is 1. The first kappa shape index (κ1) is 19.9. The molecule has 6 heteroatoms. The number of ether oxygens (including phenoxy) is 3. The highest BCUT2D eigenvalue weighted by molar-refractivity contribution is 6.04. The molecule has 0 fully saturated rings. The maximum atomic E-state index is 12.3. The molecule has 132 valence electrons. The van der Waals surface area contributed by atoms with Gasteiger partial charge >= 0.3 is 17.9 Å². The van der Waals surface area contributed by atoms with Gasteiger partial charge in [0.2, 0.25) is 0 Å². The fraction of sp³-hybridized carbons (Fsp3) is 0.211. The Labute approximate surface area is 146 Å². The topological polar surface area (TPSA) is 78.9 Å². The molecule has 0 aliphatic rings. The van der Waals surface area contributed by atoms with Crippen LogP contribution in [0.5, 0.6) is 0 Å². The highest BCUT2D eigenvalue weighted by Gasteiger charge is 2.15. The Balaban J connectivity index is 3.52. The first-order chi connectivity index (χ1) is 12.0. The van der Waals surface area contributed by atoms with E-state index in [9.17, 15) is 14.4 Å². The van der Waals surface area contributed by atoms with Gasteiger partial charge in [-0.2, -0.15) is 0 Å². The average molecular weight is 344 g/mol. The number of carbonyl (C=O) groups excluding carboxylic acids is 3. The predicted molar refractivity (Wildman–Crippen MR) is 92.3 cm³/mol. The molecule has 0 spiro atoms. The molecule has 1 rings (SSSR count). The van der Waals surface area contributed by atoms with Crippen molar-refractivity contribution < 1.29 is 28.6 Å². The minimum atomic E-state index is -0.629. The van der Waals surface area contributed by atoms with Gasteiger partial charge in [0.1, 0.15) is 0 Å². The number of allylic oxidation sites excluding steroid dienone is 2. The first-order valence-corrected chi connectivity index (χ1v) is 7.52. The molecule has 6 nitrogen and oxygen atoms in total. The second kappa shape index (κ2) is 10.6. The number of hydrogen-bond donors (Lipinski definition) is 0. The number of esters is 3. The highest BCUT2D eigenvalue weighted by Crippen LogP contribution is 2.22. The summed E-state index contributed by atoms with van der Waals surface area (Å²) >= 11 is 0. The number of hydrogen-bond acceptors (Lipinski definition) is 6. The van der Waals surface area contributed by atoms with Crippen LogP contribution < -0.4 is 0 Å². The maximum absolute atomic E-state index is 12.3. The number of rotatable bonds is 7. The van der Waals surface area contributed by atoms with Crippen molar-refractivity contribution in [2.75, 3.05) is 20.8 Å². The second-order valence-electron chi connectivity index (χ2n) is 4.63. The Hall–Kier alpha value is -3.15. The van der Waals surface area contributed by atoms with Crippen molar-refractivity contribution in [3.8, 4) is 0 Å². The quantitative estimate of drug-likeness (QED) is 0.327. The van der Waals surface area contributed by atoms with Crippen LogP contribution in [0.4, 0.5) is 0 Å². The zero-order chi connectivity index (χ0) is 18.7. The summed E-state index contributed by atoms with van der Waals surface area (Å²) in [6, 6.07) is 8.92. The second-order valence-corrected chi connectivity index (χ2v) is 4.63. The molecule has 0 amide bonds. The molecular weight excluding hydrogens is 324 g/mol. The van der Waals surface area contributed by atoms with Gasteiger partial charge in [0.15, 0.2) is 0 Å². The van der Waals surface area contributed by atoms with E-state index in [-0.39, 0.29) is 12.2 Å². The van der Waals surface area contributed by atoms with Crippen LogP contribution in [-0.2, 0) is 28.6 Å². The summed E-state index contributed by atoms with van der Waals surface area (Å²) < 4.78 is 14.2. The van der Waals surface area contributed by atoms with Crippen molar-refractivity contribution >= 4 is 23.5 Å². The molecule has 0 aliphatic heterocycles. The maximum Gasteiger partial charge on any atom is 0.338 e. The fourth-order valence-corrected chi connectivity index (χ4v) is 1.87. The molecule has 1 aromatic rings. The van der Waals surface area contributed by atoms with Crippen LogP contribution in [0.25, 0.3) is 5.57 Å². The summed E-state index contributed by atoms with van der Waals surface area (Å²) in [7, 11) is 2.48. The zero-order valence-corrected chi connectivity index (χ0v) is 14.4. The lowest BCUT2D eigenvalue weighted by atomic mass is 9.98. The van der Waals surface area contributed by atoms with E-state index in [2.05, 4.69) is 9.47 Å². The minimum Gasteiger partial charge on any atom is -0.466 e. The largest absolute Gasteiger partial charge is 0.466 e. The SMILES string of the molecule is CCOC(=O)C(/C=C/C(=O)OC)=C(\C=C\C(=O)OC)c1ccccc1. The highest BCUT2D eigenvalue weighted by atomic mass is 16.5. The summed E-state index contributed by atoms with van der Waals surface area (Å²) in [4.78, 5) is 35.2. The van der Waals surface area contributed by atoms with E-state index in [1.165, 1.54) is 32.4 Å². The molecule has 0 saturated carbocycles. The van der Waals surface area contributed by atoms with Gasteiger partial charge in [0.25, 0.3) is 0 Å². The molecule has 0 radical (unpaired) electrons. The lowest BCUT2D eigenvalue weighted by Crippen LogP contribution is -2.09. The van der Waals surface area contributed by atoms with Crippen molar-refractivity contribution in [2.45, 2.75) is 6.92 Å². The molecule has 0 aliphatic carbocycles. The molecule has 0 heterocycles. The predicted octanol–water partition coefficient (Wildman–Crippen LogP) is 2.46. The molecule has 1 aromatic carbocycles. The third-order valence-electron chi connectivity index (χ3n) is 3.04. The van der Waals surface area contributed by atoms with Gasteiger partial charge in [-0.3, -0.25) is 0 Å². The number of carbonyl (C=O) groups is 3. The normalized spacial score (nSPS) is 12.0. The third-order valence-corrected chi connectivity index (χ3v) is 3.04. The lowest BCUT2D eigenvalue weighted by molar-refractivity contribution is -0.138. The fourth-order valence-electron chi connectivity index (χ4n) is 1.87. The van der Waals surface area contributed by atoms with E-state index < -0.39 is 17.9 Å². The van der Waals surface area contributed by atoms with Gasteiger partial charge in [-0.15, -0.1) is 0 Å². The van der Waals surface area contributed by atoms with Gasteiger partial charge in [0, 0.05) is 12.2 Å². The van der Waals surface area contributed by atoms with Crippen molar-refractivity contribution in [1.29, 1.82) is 0 Å². The van der Waals surface area contributed by atoms with Gasteiger partial charge in [-0.25, -0.2) is 14.4 Å². The minimum absolute atomic E-state index is 0.110. The van der Waals surface area contributed by atoms with E-state index in [0.717, 1.165) is 6.08 Å². The molecule has 0 saturated heterocycles. The van der Waals surface area contributed by atoms with Crippen LogP contribution in [-0.4, -0.2) is 38.7 Å². The van der Waals surface area contributed by atoms with Crippen LogP contribution in [0.1, 0.15) is 12.5 Å². The molecule has 0 bridgehead atoms. The van der Waals surface area contributed by atoms with Crippen molar-refractivity contribution in [1.82, 2.24) is 0 Å². The van der Waals surface area contributed by atoms with E-state index >= 15 is 0 Å². The van der Waals surface area contributed by atoms with E-state index in [0.29, 0.717) is 11.1 Å². The van der Waals surface area contributed by atoms with Crippen LogP contribution >= 0.6 is 0 Å². The molecule has 0 atom stereocenters. The third kappa shape index (κ3) is 6.47. The van der Waals surface area contributed by atoms with E-state index in [1.807, 2.05) is 6.07 Å². The van der Waals surface area contributed by atoms with Crippen molar-refractivity contribution in [3.63, 3.8) is 0 Å². The Kier molecular flexibility index (Phi) is 8.43. The number of methoxy groups -OCH3 is 2. The standard InChI is InChI=1S/C19H20O6/c1-4-25-19(22)16(11-13-18(21)24-3)15(10-12-17(20)23-2)14-8-6-5-7-9-14/h5-13H,4H2,1-3H3/b12-10+,13-11+,16-15+.